The third-order valence-corrected chi connectivity index (χ3v) is 6.62. The maximum atomic E-state index is 15.2. The van der Waals surface area contributed by atoms with E-state index < -0.39 is 52.4 Å². The van der Waals surface area contributed by atoms with Crippen LogP contribution < -0.4 is 0 Å². The van der Waals surface area contributed by atoms with Gasteiger partial charge in [0.05, 0.1) is 12.8 Å². The number of aromatic nitrogens is 3. The Kier molecular flexibility index (Phi) is 7.23. The molecule has 3 heterocycles. The molecule has 1 aliphatic heterocycles. The van der Waals surface area contributed by atoms with Gasteiger partial charge in [0.15, 0.2) is 28.8 Å². The van der Waals surface area contributed by atoms with Gasteiger partial charge in [0, 0.05) is 49.9 Å². The van der Waals surface area contributed by atoms with Crippen LogP contribution in [0.4, 0.5) is 30.7 Å². The molecule has 7 nitrogen and oxygen atoms in total. The van der Waals surface area contributed by atoms with Gasteiger partial charge in [0.25, 0.3) is 5.91 Å². The van der Waals surface area contributed by atoms with Gasteiger partial charge in [-0.3, -0.25) is 9.69 Å². The first-order valence-corrected chi connectivity index (χ1v) is 12.0. The SMILES string of the molecule is O=C(c1cnn2c(C(F)(F)F)c(F)c(-c3ccc(CO)cc3)nc12)N1CCN(Cc2cc(F)cc(F)c2F)CC1. The number of carbonyl (C=O) groups excluding carboxylic acids is 1. The van der Waals surface area contributed by atoms with E-state index in [2.05, 4.69) is 10.1 Å². The number of benzene rings is 2. The molecule has 1 aliphatic rings. The summed E-state index contributed by atoms with van der Waals surface area (Å²) in [5.41, 5.74) is -2.90. The number of piperazine rings is 1. The number of fused-ring (bicyclic) bond motifs is 1. The Labute approximate surface area is 222 Å². The first-order valence-electron chi connectivity index (χ1n) is 12.0. The first-order chi connectivity index (χ1) is 19.0. The van der Waals surface area contributed by atoms with Crippen molar-refractivity contribution in [3.05, 3.63) is 88.2 Å². The summed E-state index contributed by atoms with van der Waals surface area (Å²) in [4.78, 5) is 20.3. The molecule has 5 rings (SSSR count). The van der Waals surface area contributed by atoms with Crippen molar-refractivity contribution < 1.29 is 40.6 Å². The Bertz CT molecular complexity index is 1580. The summed E-state index contributed by atoms with van der Waals surface area (Å²) in [5, 5.41) is 12.8. The Morgan fingerprint density at radius 1 is 0.950 bits per heavy atom. The average molecular weight is 567 g/mol. The molecule has 210 valence electrons. The van der Waals surface area contributed by atoms with Crippen molar-refractivity contribution >= 4 is 11.6 Å². The molecular weight excluding hydrogens is 547 g/mol. The fourth-order valence-corrected chi connectivity index (χ4v) is 4.57. The number of aliphatic hydroxyl groups excluding tert-OH is 1. The molecule has 2 aromatic heterocycles. The molecule has 0 atom stereocenters. The van der Waals surface area contributed by atoms with Crippen LogP contribution >= 0.6 is 0 Å². The lowest BCUT2D eigenvalue weighted by molar-refractivity contribution is -0.145. The number of hydrogen-bond donors (Lipinski definition) is 1. The summed E-state index contributed by atoms with van der Waals surface area (Å²) >= 11 is 0. The second-order valence-electron chi connectivity index (χ2n) is 9.20. The monoisotopic (exact) mass is 567 g/mol. The fraction of sp³-hybridized carbons (Fsp3) is 0.269. The highest BCUT2D eigenvalue weighted by atomic mass is 19.4. The number of halogens is 7. The van der Waals surface area contributed by atoms with Gasteiger partial charge in [-0.25, -0.2) is 27.1 Å². The lowest BCUT2D eigenvalue weighted by Gasteiger charge is -2.34. The topological polar surface area (TPSA) is 74.0 Å². The maximum Gasteiger partial charge on any atom is 0.436 e. The van der Waals surface area contributed by atoms with Crippen molar-refractivity contribution in [3.8, 4) is 11.3 Å². The van der Waals surface area contributed by atoms with Gasteiger partial charge in [-0.15, -0.1) is 0 Å². The molecule has 4 aromatic rings. The summed E-state index contributed by atoms with van der Waals surface area (Å²) in [5.74, 6) is -5.80. The Balaban J connectivity index is 1.43. The van der Waals surface area contributed by atoms with Crippen molar-refractivity contribution in [2.45, 2.75) is 19.3 Å². The Hall–Kier alpha value is -4.04. The van der Waals surface area contributed by atoms with Crippen molar-refractivity contribution in [3.63, 3.8) is 0 Å². The predicted octanol–water partition coefficient (Wildman–Crippen LogP) is 4.42. The summed E-state index contributed by atoms with van der Waals surface area (Å²) in [7, 11) is 0. The maximum absolute atomic E-state index is 15.2. The van der Waals surface area contributed by atoms with Gasteiger partial charge in [0.1, 0.15) is 17.1 Å². The van der Waals surface area contributed by atoms with Crippen LogP contribution in [0.3, 0.4) is 0 Å². The van der Waals surface area contributed by atoms with E-state index in [1.165, 1.54) is 29.2 Å². The summed E-state index contributed by atoms with van der Waals surface area (Å²) in [6, 6.07) is 6.73. The van der Waals surface area contributed by atoms with E-state index in [1.54, 1.807) is 4.90 Å². The van der Waals surface area contributed by atoms with Crippen LogP contribution in [-0.4, -0.2) is 61.6 Å². The third-order valence-electron chi connectivity index (χ3n) is 6.62. The number of carbonyl (C=O) groups is 1. The molecule has 1 amide bonds. The zero-order valence-corrected chi connectivity index (χ0v) is 20.5. The third kappa shape index (κ3) is 5.11. The molecule has 2 aromatic carbocycles. The van der Waals surface area contributed by atoms with Gasteiger partial charge in [-0.05, 0) is 11.6 Å². The number of rotatable bonds is 5. The first kappa shape index (κ1) is 27.5. The molecule has 0 radical (unpaired) electrons. The van der Waals surface area contributed by atoms with Crippen molar-refractivity contribution in [1.29, 1.82) is 0 Å². The zero-order valence-electron chi connectivity index (χ0n) is 20.5. The quantitative estimate of drug-likeness (QED) is 0.286. The summed E-state index contributed by atoms with van der Waals surface area (Å²) < 4.78 is 98.3. The second kappa shape index (κ2) is 10.5. The summed E-state index contributed by atoms with van der Waals surface area (Å²) in [6.45, 7) is 0.0531. The number of amides is 1. The molecule has 0 aliphatic carbocycles. The van der Waals surface area contributed by atoms with E-state index >= 15 is 4.39 Å². The average Bonchev–Trinajstić information content (AvgIpc) is 3.33. The molecule has 40 heavy (non-hydrogen) atoms. The molecule has 0 unspecified atom stereocenters. The van der Waals surface area contributed by atoms with E-state index in [0.717, 1.165) is 12.3 Å². The van der Waals surface area contributed by atoms with Crippen molar-refractivity contribution in [2.24, 2.45) is 0 Å². The largest absolute Gasteiger partial charge is 0.436 e. The highest BCUT2D eigenvalue weighted by Crippen LogP contribution is 2.36. The standard InChI is InChI=1S/C26H20F7N5O2/c27-17-9-16(20(29)19(28)10-17)12-36-5-7-37(8-6-36)25(40)18-11-34-38-23(26(31,32)33)21(30)22(35-24(18)38)15-3-1-14(13-39)2-4-15/h1-4,9-11,39H,5-8,12-13H2. The van der Waals surface area contributed by atoms with E-state index in [1.807, 2.05) is 0 Å². The summed E-state index contributed by atoms with van der Waals surface area (Å²) in [6.07, 6.45) is -4.29. The number of alkyl halides is 3. The van der Waals surface area contributed by atoms with E-state index in [-0.39, 0.29) is 60.5 Å². The van der Waals surface area contributed by atoms with Gasteiger partial charge in [0.2, 0.25) is 0 Å². The normalized spacial score (nSPS) is 14.8. The second-order valence-corrected chi connectivity index (χ2v) is 9.20. The molecular formula is C26H20F7N5O2. The van der Waals surface area contributed by atoms with Crippen LogP contribution in [0.1, 0.15) is 27.2 Å². The van der Waals surface area contributed by atoms with Crippen LogP contribution in [0.15, 0.2) is 42.6 Å². The van der Waals surface area contributed by atoms with Gasteiger partial charge in [-0.2, -0.15) is 18.3 Å². The van der Waals surface area contributed by atoms with Gasteiger partial charge >= 0.3 is 6.18 Å². The molecule has 0 saturated carbocycles. The minimum Gasteiger partial charge on any atom is -0.392 e. The number of aliphatic hydroxyl groups is 1. The van der Waals surface area contributed by atoms with Crippen LogP contribution in [0, 0.1) is 23.3 Å². The Morgan fingerprint density at radius 2 is 1.62 bits per heavy atom. The van der Waals surface area contributed by atoms with Gasteiger partial charge in [-0.1, -0.05) is 24.3 Å². The molecule has 1 N–H and O–H groups in total. The molecule has 1 saturated heterocycles. The van der Waals surface area contributed by atoms with Crippen LogP contribution in [0.5, 0.6) is 0 Å². The fourth-order valence-electron chi connectivity index (χ4n) is 4.57. The van der Waals surface area contributed by atoms with Gasteiger partial charge < -0.3 is 10.0 Å². The molecule has 0 spiro atoms. The van der Waals surface area contributed by atoms with Crippen molar-refractivity contribution in [1.82, 2.24) is 24.4 Å². The number of nitrogens with zero attached hydrogens (tertiary/aromatic N) is 5. The van der Waals surface area contributed by atoms with E-state index in [4.69, 9.17) is 0 Å². The minimum atomic E-state index is -5.17. The van der Waals surface area contributed by atoms with Crippen LogP contribution in [0.25, 0.3) is 16.9 Å². The number of hydrogen-bond acceptors (Lipinski definition) is 5. The van der Waals surface area contributed by atoms with Crippen LogP contribution in [-0.2, 0) is 19.3 Å². The van der Waals surface area contributed by atoms with Crippen LogP contribution in [0.2, 0.25) is 0 Å². The van der Waals surface area contributed by atoms with E-state index in [0.29, 0.717) is 11.6 Å². The van der Waals surface area contributed by atoms with E-state index in [9.17, 15) is 36.2 Å². The highest BCUT2D eigenvalue weighted by Gasteiger charge is 2.41. The highest BCUT2D eigenvalue weighted by molar-refractivity contribution is 6.00. The predicted molar refractivity (Wildman–Crippen MR) is 127 cm³/mol. The lowest BCUT2D eigenvalue weighted by atomic mass is 10.1. The smallest absolute Gasteiger partial charge is 0.392 e. The Morgan fingerprint density at radius 3 is 2.25 bits per heavy atom. The molecule has 0 bridgehead atoms. The lowest BCUT2D eigenvalue weighted by Crippen LogP contribution is -2.48. The molecule has 1 fully saturated rings. The minimum absolute atomic E-state index is 0.00284. The molecule has 14 heteroatoms. The van der Waals surface area contributed by atoms with Crippen molar-refractivity contribution in [2.75, 3.05) is 26.2 Å². The zero-order chi connectivity index (χ0) is 28.8.